The zero-order valence-corrected chi connectivity index (χ0v) is 26.7. The van der Waals surface area contributed by atoms with Crippen molar-refractivity contribution in [2.75, 3.05) is 6.61 Å². The molecule has 2 aromatic carbocycles. The molecule has 3 saturated carbocycles. The predicted octanol–water partition coefficient (Wildman–Crippen LogP) is 5.27. The van der Waals surface area contributed by atoms with E-state index in [1.54, 1.807) is 24.3 Å². The number of nitrogens with one attached hydrogen (secondary N) is 2. The number of hydrogen-bond acceptors (Lipinski definition) is 6. The summed E-state index contributed by atoms with van der Waals surface area (Å²) in [6.45, 7) is 12.6. The van der Waals surface area contributed by atoms with Crippen molar-refractivity contribution in [1.82, 2.24) is 10.6 Å². The molecule has 4 aliphatic rings. The summed E-state index contributed by atoms with van der Waals surface area (Å²) < 4.78 is 19.2. The monoisotopic (exact) mass is 597 g/mol. The highest BCUT2D eigenvalue weighted by Crippen LogP contribution is 2.65. The van der Waals surface area contributed by atoms with Gasteiger partial charge in [0.15, 0.2) is 0 Å². The van der Waals surface area contributed by atoms with Gasteiger partial charge in [-0.15, -0.1) is 0 Å². The highest BCUT2D eigenvalue weighted by molar-refractivity contribution is 6.48. The standard InChI is InChI=1S/C35H44BN3O5/c1-33(2,3)39-32(41)25(22-37)17-24-13-10-14-27(18-24)42-16-15-31(40)38-30(19-23-11-8-7-9-12-23)36-43-29-21-26-20-28(34(26,4)5)35(29,6)44-36/h7-14,17-18,26,28-30H,15-16,19-21H2,1-6H3,(H,38,40)(H,39,41)/t26-,28-,29+,30?,35-/m0/s1. The van der Waals surface area contributed by atoms with Crippen LogP contribution in [0.15, 0.2) is 60.2 Å². The van der Waals surface area contributed by atoms with E-state index in [1.165, 1.54) is 12.5 Å². The molecule has 232 valence electrons. The second kappa shape index (κ2) is 12.4. The fourth-order valence-corrected chi connectivity index (χ4v) is 7.11. The van der Waals surface area contributed by atoms with Crippen LogP contribution in [0.3, 0.4) is 0 Å². The van der Waals surface area contributed by atoms with Gasteiger partial charge in [-0.1, -0.05) is 56.3 Å². The SMILES string of the molecule is CC(C)(C)NC(=O)C(C#N)=Cc1cccc(OCCC(=O)NC(Cc2ccccc2)B2O[C@@H]3C[C@@H]4C[C@@H](C4(C)C)[C@]3(C)O2)c1. The molecule has 1 heterocycles. The van der Waals surface area contributed by atoms with E-state index < -0.39 is 18.6 Å². The molecule has 2 bridgehead atoms. The van der Waals surface area contributed by atoms with Crippen molar-refractivity contribution in [3.05, 3.63) is 71.3 Å². The summed E-state index contributed by atoms with van der Waals surface area (Å²) in [4.78, 5) is 25.7. The summed E-state index contributed by atoms with van der Waals surface area (Å²) in [7, 11) is -0.529. The van der Waals surface area contributed by atoms with Crippen molar-refractivity contribution in [2.45, 2.75) is 90.4 Å². The van der Waals surface area contributed by atoms with Crippen molar-refractivity contribution in [2.24, 2.45) is 17.3 Å². The Morgan fingerprint density at radius 1 is 1.14 bits per heavy atom. The fraction of sp³-hybridized carbons (Fsp3) is 0.514. The Kier molecular flexibility index (Phi) is 8.97. The summed E-state index contributed by atoms with van der Waals surface area (Å²) in [6, 6.07) is 19.2. The van der Waals surface area contributed by atoms with Crippen LogP contribution in [0, 0.1) is 28.6 Å². The van der Waals surface area contributed by atoms with Crippen molar-refractivity contribution >= 4 is 25.0 Å². The number of amides is 2. The largest absolute Gasteiger partial charge is 0.493 e. The van der Waals surface area contributed by atoms with E-state index in [0.29, 0.717) is 29.6 Å². The second-order valence-electron chi connectivity index (χ2n) is 14.2. The maximum absolute atomic E-state index is 13.2. The first-order valence-electron chi connectivity index (χ1n) is 15.6. The minimum absolute atomic E-state index is 0.00623. The minimum atomic E-state index is -0.529. The van der Waals surface area contributed by atoms with E-state index in [2.05, 4.69) is 43.5 Å². The van der Waals surface area contributed by atoms with Crippen LogP contribution in [0.4, 0.5) is 0 Å². The minimum Gasteiger partial charge on any atom is -0.493 e. The van der Waals surface area contributed by atoms with E-state index in [4.69, 9.17) is 14.0 Å². The summed E-state index contributed by atoms with van der Waals surface area (Å²) in [5.41, 5.74) is 1.19. The van der Waals surface area contributed by atoms with Crippen LogP contribution in [-0.4, -0.2) is 48.7 Å². The number of rotatable bonds is 10. The second-order valence-corrected chi connectivity index (χ2v) is 14.2. The van der Waals surface area contributed by atoms with Gasteiger partial charge < -0.3 is 24.7 Å². The lowest BCUT2D eigenvalue weighted by atomic mass is 9.43. The normalized spacial score (nSPS) is 26.1. The molecule has 0 radical (unpaired) electrons. The topological polar surface area (TPSA) is 110 Å². The van der Waals surface area contributed by atoms with Crippen LogP contribution < -0.4 is 15.4 Å². The number of nitriles is 1. The molecule has 2 amide bonds. The van der Waals surface area contributed by atoms with Gasteiger partial charge >= 0.3 is 7.12 Å². The average Bonchev–Trinajstić information content (AvgIpc) is 3.32. The van der Waals surface area contributed by atoms with Crippen LogP contribution in [0.1, 0.15) is 71.9 Å². The number of hydrogen-bond donors (Lipinski definition) is 2. The van der Waals surface area contributed by atoms with Crippen molar-refractivity contribution in [1.29, 1.82) is 5.26 Å². The van der Waals surface area contributed by atoms with Crippen molar-refractivity contribution in [3.63, 3.8) is 0 Å². The lowest BCUT2D eigenvalue weighted by Crippen LogP contribution is -2.65. The molecule has 3 aliphatic carbocycles. The molecule has 4 fully saturated rings. The third kappa shape index (κ3) is 6.87. The average molecular weight is 598 g/mol. The number of carbonyl (C=O) groups excluding carboxylic acids is 2. The van der Waals surface area contributed by atoms with E-state index >= 15 is 0 Å². The number of nitrogens with zero attached hydrogens (tertiary/aromatic N) is 1. The molecule has 1 saturated heterocycles. The number of benzene rings is 2. The van der Waals surface area contributed by atoms with Gasteiger partial charge in [0.2, 0.25) is 5.91 Å². The quantitative estimate of drug-likeness (QED) is 0.219. The summed E-state index contributed by atoms with van der Waals surface area (Å²) in [5.74, 6) is 0.703. The third-order valence-corrected chi connectivity index (χ3v) is 9.56. The molecule has 2 aromatic rings. The first kappa shape index (κ1) is 31.8. The zero-order chi connectivity index (χ0) is 31.7. The Labute approximate surface area is 261 Å². The Bertz CT molecular complexity index is 1450. The highest BCUT2D eigenvalue weighted by Gasteiger charge is 2.68. The fourth-order valence-electron chi connectivity index (χ4n) is 7.11. The molecule has 2 N–H and O–H groups in total. The van der Waals surface area contributed by atoms with Gasteiger partial charge in [-0.2, -0.15) is 5.26 Å². The Hall–Kier alpha value is -3.61. The Morgan fingerprint density at radius 3 is 2.57 bits per heavy atom. The molecule has 8 nitrogen and oxygen atoms in total. The molecule has 1 aliphatic heterocycles. The molecule has 44 heavy (non-hydrogen) atoms. The van der Waals surface area contributed by atoms with Gasteiger partial charge in [0.25, 0.3) is 5.91 Å². The van der Waals surface area contributed by atoms with E-state index in [-0.39, 0.29) is 47.6 Å². The first-order valence-corrected chi connectivity index (χ1v) is 15.6. The zero-order valence-electron chi connectivity index (χ0n) is 26.7. The molecule has 6 rings (SSSR count). The lowest BCUT2D eigenvalue weighted by molar-refractivity contribution is -0.199. The summed E-state index contributed by atoms with van der Waals surface area (Å²) >= 11 is 0. The highest BCUT2D eigenvalue weighted by atomic mass is 16.7. The van der Waals surface area contributed by atoms with Crippen LogP contribution in [-0.2, 0) is 25.3 Å². The van der Waals surface area contributed by atoms with Gasteiger partial charge in [0, 0.05) is 5.54 Å². The van der Waals surface area contributed by atoms with Gasteiger partial charge in [-0.3, -0.25) is 9.59 Å². The van der Waals surface area contributed by atoms with Crippen molar-refractivity contribution in [3.8, 4) is 11.8 Å². The molecular weight excluding hydrogens is 553 g/mol. The molecule has 5 atom stereocenters. The van der Waals surface area contributed by atoms with E-state index in [1.807, 2.05) is 45.0 Å². The first-order chi connectivity index (χ1) is 20.8. The van der Waals surface area contributed by atoms with Gasteiger partial charge in [-0.05, 0) is 93.5 Å². The molecule has 1 unspecified atom stereocenters. The van der Waals surface area contributed by atoms with Crippen LogP contribution in [0.2, 0.25) is 0 Å². The van der Waals surface area contributed by atoms with Gasteiger partial charge in [0.05, 0.1) is 30.7 Å². The smallest absolute Gasteiger partial charge is 0.482 e. The summed E-state index contributed by atoms with van der Waals surface area (Å²) in [5, 5.41) is 15.5. The maximum atomic E-state index is 13.2. The molecule has 0 spiro atoms. The summed E-state index contributed by atoms with van der Waals surface area (Å²) in [6.07, 6.45) is 4.46. The maximum Gasteiger partial charge on any atom is 0.482 e. The molecule has 9 heteroatoms. The molecule has 0 aromatic heterocycles. The Morgan fingerprint density at radius 2 is 1.89 bits per heavy atom. The lowest BCUT2D eigenvalue weighted by Gasteiger charge is -2.64. The van der Waals surface area contributed by atoms with Gasteiger partial charge in [0.1, 0.15) is 17.4 Å². The predicted molar refractivity (Wildman–Crippen MR) is 170 cm³/mol. The van der Waals surface area contributed by atoms with Gasteiger partial charge in [-0.25, -0.2) is 0 Å². The number of carbonyl (C=O) groups is 2. The van der Waals surface area contributed by atoms with Crippen LogP contribution >= 0.6 is 0 Å². The molecular formula is C35H44BN3O5. The van der Waals surface area contributed by atoms with Crippen LogP contribution in [0.5, 0.6) is 5.75 Å². The Balaban J connectivity index is 1.20. The van der Waals surface area contributed by atoms with Crippen molar-refractivity contribution < 1.29 is 23.6 Å². The third-order valence-electron chi connectivity index (χ3n) is 9.56. The van der Waals surface area contributed by atoms with E-state index in [9.17, 15) is 14.9 Å². The number of ether oxygens (including phenoxy) is 1. The van der Waals surface area contributed by atoms with Crippen LogP contribution in [0.25, 0.3) is 6.08 Å². The van der Waals surface area contributed by atoms with E-state index in [0.717, 1.165) is 12.0 Å².